The van der Waals surface area contributed by atoms with Crippen molar-refractivity contribution in [1.82, 2.24) is 20.6 Å². The number of carbonyl (C=O) groups excluding carboxylic acids is 2. The second-order valence-electron chi connectivity index (χ2n) is 5.27. The molecule has 7 nitrogen and oxygen atoms in total. The first-order valence-electron chi connectivity index (χ1n) is 7.38. The van der Waals surface area contributed by atoms with Crippen molar-refractivity contribution in [1.29, 1.82) is 0 Å². The number of anilines is 1. The number of nitrogens with zero attached hydrogens (tertiary/aromatic N) is 2. The number of carbonyl (C=O) groups is 2. The van der Waals surface area contributed by atoms with Crippen LogP contribution in [0.15, 0.2) is 0 Å². The molecule has 0 saturated heterocycles. The highest BCUT2D eigenvalue weighted by Crippen LogP contribution is 2.32. The highest BCUT2D eigenvalue weighted by atomic mass is 32.1. The number of aromatic nitrogens is 2. The van der Waals surface area contributed by atoms with Gasteiger partial charge in [0.1, 0.15) is 16.5 Å². The molecule has 0 unspecified atom stereocenters. The maximum atomic E-state index is 11.8. The summed E-state index contributed by atoms with van der Waals surface area (Å²) in [6, 6.07) is 0. The molecule has 23 heavy (non-hydrogen) atoms. The molecule has 124 valence electrons. The Kier molecular flexibility index (Phi) is 5.49. The van der Waals surface area contributed by atoms with Gasteiger partial charge < -0.3 is 16.0 Å². The largest absolute Gasteiger partial charge is 0.360 e. The summed E-state index contributed by atoms with van der Waals surface area (Å²) < 4.78 is 0. The van der Waals surface area contributed by atoms with Gasteiger partial charge in [0.2, 0.25) is 11.8 Å². The van der Waals surface area contributed by atoms with Crippen LogP contribution in [0.2, 0.25) is 0 Å². The highest BCUT2D eigenvalue weighted by Gasteiger charge is 2.14. The molecule has 0 aliphatic heterocycles. The molecule has 8 heteroatoms. The summed E-state index contributed by atoms with van der Waals surface area (Å²) in [6.45, 7) is 8.30. The minimum absolute atomic E-state index is 0.112. The molecule has 0 atom stereocenters. The van der Waals surface area contributed by atoms with E-state index in [0.717, 1.165) is 15.8 Å². The van der Waals surface area contributed by atoms with E-state index in [4.69, 9.17) is 0 Å². The van der Waals surface area contributed by atoms with Gasteiger partial charge in [-0.05, 0) is 26.3 Å². The molecule has 0 bridgehead atoms. The van der Waals surface area contributed by atoms with Crippen LogP contribution >= 0.6 is 11.3 Å². The van der Waals surface area contributed by atoms with Gasteiger partial charge in [-0.25, -0.2) is 9.97 Å². The van der Waals surface area contributed by atoms with Gasteiger partial charge in [-0.2, -0.15) is 0 Å². The van der Waals surface area contributed by atoms with Crippen LogP contribution in [0.5, 0.6) is 0 Å². The van der Waals surface area contributed by atoms with E-state index < -0.39 is 0 Å². The second kappa shape index (κ2) is 7.36. The maximum Gasteiger partial charge on any atom is 0.239 e. The van der Waals surface area contributed by atoms with Crippen molar-refractivity contribution < 1.29 is 9.59 Å². The number of hydrogen-bond donors (Lipinski definition) is 3. The first-order valence-corrected chi connectivity index (χ1v) is 8.19. The third-order valence-corrected chi connectivity index (χ3v) is 4.48. The molecule has 2 heterocycles. The lowest BCUT2D eigenvalue weighted by atomic mass is 10.2. The van der Waals surface area contributed by atoms with Crippen LogP contribution < -0.4 is 16.0 Å². The second-order valence-corrected chi connectivity index (χ2v) is 6.47. The van der Waals surface area contributed by atoms with Gasteiger partial charge in [0, 0.05) is 24.9 Å². The average molecular weight is 335 g/mol. The first-order chi connectivity index (χ1) is 10.9. The number of aryl methyl sites for hydroxylation is 3. The fraction of sp³-hybridized carbons (Fsp3) is 0.467. The molecule has 2 aromatic heterocycles. The fourth-order valence-corrected chi connectivity index (χ4v) is 3.23. The Labute approximate surface area is 138 Å². The Bertz CT molecular complexity index is 741. The molecule has 0 spiro atoms. The van der Waals surface area contributed by atoms with E-state index in [1.807, 2.05) is 13.8 Å². The molecule has 2 rings (SSSR count). The predicted molar refractivity (Wildman–Crippen MR) is 91.8 cm³/mol. The summed E-state index contributed by atoms with van der Waals surface area (Å²) in [5.41, 5.74) is 1.14. The third kappa shape index (κ3) is 4.38. The molecule has 2 aromatic rings. The fourth-order valence-electron chi connectivity index (χ4n) is 2.15. The van der Waals surface area contributed by atoms with E-state index in [2.05, 4.69) is 32.8 Å². The number of fused-ring (bicyclic) bond motifs is 1. The van der Waals surface area contributed by atoms with Crippen LogP contribution in [0, 0.1) is 20.8 Å². The summed E-state index contributed by atoms with van der Waals surface area (Å²) in [4.78, 5) is 33.6. The van der Waals surface area contributed by atoms with Crippen molar-refractivity contribution in [3.8, 4) is 0 Å². The molecule has 2 amide bonds. The summed E-state index contributed by atoms with van der Waals surface area (Å²) in [7, 11) is 0. The standard InChI is InChI=1S/C15H21N5O2S/c1-8-9(2)23-15-13(8)14(19-10(3)20-15)18-7-12(22)17-6-5-16-11(4)21/h5-7H2,1-4H3,(H,16,21)(H,17,22)(H,18,19,20). The third-order valence-electron chi connectivity index (χ3n) is 3.38. The minimum atomic E-state index is -0.149. The summed E-state index contributed by atoms with van der Waals surface area (Å²) in [5.74, 6) is 1.10. The van der Waals surface area contributed by atoms with Crippen LogP contribution in [0.4, 0.5) is 5.82 Å². The molecule has 0 aromatic carbocycles. The quantitative estimate of drug-likeness (QED) is 0.691. The van der Waals surface area contributed by atoms with Crippen LogP contribution in [0.3, 0.4) is 0 Å². The van der Waals surface area contributed by atoms with Gasteiger partial charge in [0.25, 0.3) is 0 Å². The Morgan fingerprint density at radius 1 is 1.09 bits per heavy atom. The summed E-state index contributed by atoms with van der Waals surface area (Å²) >= 11 is 1.63. The zero-order valence-electron chi connectivity index (χ0n) is 13.7. The van der Waals surface area contributed by atoms with Crippen molar-refractivity contribution in [3.63, 3.8) is 0 Å². The average Bonchev–Trinajstić information content (AvgIpc) is 2.75. The molecular weight excluding hydrogens is 314 g/mol. The molecule has 0 aliphatic carbocycles. The number of thiophene rings is 1. The molecule has 0 saturated carbocycles. The zero-order chi connectivity index (χ0) is 17.0. The molecule has 0 fully saturated rings. The van der Waals surface area contributed by atoms with Gasteiger partial charge in [-0.15, -0.1) is 11.3 Å². The normalized spacial score (nSPS) is 10.6. The summed E-state index contributed by atoms with van der Waals surface area (Å²) in [5, 5.41) is 9.42. The van der Waals surface area contributed by atoms with Crippen molar-refractivity contribution in [2.75, 3.05) is 25.0 Å². The van der Waals surface area contributed by atoms with Gasteiger partial charge >= 0.3 is 0 Å². The summed E-state index contributed by atoms with van der Waals surface area (Å²) in [6.07, 6.45) is 0. The van der Waals surface area contributed by atoms with Crippen LogP contribution in [0.1, 0.15) is 23.2 Å². The predicted octanol–water partition coefficient (Wildman–Crippen LogP) is 1.28. The Morgan fingerprint density at radius 2 is 1.78 bits per heavy atom. The number of rotatable bonds is 6. The van der Waals surface area contributed by atoms with Gasteiger partial charge in [0.15, 0.2) is 0 Å². The molecular formula is C15H21N5O2S. The van der Waals surface area contributed by atoms with E-state index in [9.17, 15) is 9.59 Å². The number of hydrogen-bond acceptors (Lipinski definition) is 6. The lowest BCUT2D eigenvalue weighted by Crippen LogP contribution is -2.36. The highest BCUT2D eigenvalue weighted by molar-refractivity contribution is 7.18. The smallest absolute Gasteiger partial charge is 0.239 e. The van der Waals surface area contributed by atoms with Crippen molar-refractivity contribution in [3.05, 3.63) is 16.3 Å². The van der Waals surface area contributed by atoms with E-state index in [-0.39, 0.29) is 18.4 Å². The molecule has 0 aliphatic rings. The van der Waals surface area contributed by atoms with Gasteiger partial charge in [-0.1, -0.05) is 0 Å². The van der Waals surface area contributed by atoms with Crippen molar-refractivity contribution >= 4 is 39.2 Å². The molecule has 3 N–H and O–H groups in total. The number of nitrogens with one attached hydrogen (secondary N) is 3. The van der Waals surface area contributed by atoms with Crippen molar-refractivity contribution in [2.45, 2.75) is 27.7 Å². The Balaban J connectivity index is 1.99. The lowest BCUT2D eigenvalue weighted by Gasteiger charge is -2.09. The Morgan fingerprint density at radius 3 is 2.48 bits per heavy atom. The monoisotopic (exact) mass is 335 g/mol. The first kappa shape index (κ1) is 17.1. The number of amides is 2. The Hall–Kier alpha value is -2.22. The SMILES string of the molecule is CC(=O)NCCNC(=O)CNc1nc(C)nc2sc(C)c(C)c12. The molecule has 0 radical (unpaired) electrons. The lowest BCUT2D eigenvalue weighted by molar-refractivity contribution is -0.121. The topological polar surface area (TPSA) is 96.0 Å². The van der Waals surface area contributed by atoms with E-state index in [1.165, 1.54) is 11.8 Å². The maximum absolute atomic E-state index is 11.8. The van der Waals surface area contributed by atoms with Crippen LogP contribution in [0.25, 0.3) is 10.2 Å². The van der Waals surface area contributed by atoms with Crippen molar-refractivity contribution in [2.24, 2.45) is 0 Å². The van der Waals surface area contributed by atoms with Crippen LogP contribution in [-0.4, -0.2) is 41.4 Å². The van der Waals surface area contributed by atoms with E-state index in [0.29, 0.717) is 24.7 Å². The van der Waals surface area contributed by atoms with Crippen LogP contribution in [-0.2, 0) is 9.59 Å². The minimum Gasteiger partial charge on any atom is -0.360 e. The van der Waals surface area contributed by atoms with E-state index in [1.54, 1.807) is 11.3 Å². The van der Waals surface area contributed by atoms with E-state index >= 15 is 0 Å². The van der Waals surface area contributed by atoms with Gasteiger partial charge in [-0.3, -0.25) is 9.59 Å². The van der Waals surface area contributed by atoms with Gasteiger partial charge in [0.05, 0.1) is 11.9 Å². The zero-order valence-corrected chi connectivity index (χ0v) is 14.6.